The second kappa shape index (κ2) is 4.82. The molecule has 1 N–H and O–H groups in total. The second-order valence-corrected chi connectivity index (χ2v) is 4.47. The lowest BCUT2D eigenvalue weighted by Crippen LogP contribution is -2.28. The van der Waals surface area contributed by atoms with Crippen molar-refractivity contribution in [1.29, 1.82) is 0 Å². The number of nitrogens with one attached hydrogen (secondary N) is 1. The van der Waals surface area contributed by atoms with E-state index in [1.165, 1.54) is 10.9 Å². The molecule has 1 aliphatic rings. The molecule has 3 nitrogen and oxygen atoms in total. The molecule has 1 unspecified atom stereocenters. The largest absolute Gasteiger partial charge is 0.380 e. The number of aromatic nitrogens is 1. The van der Waals surface area contributed by atoms with E-state index < -0.39 is 0 Å². The lowest BCUT2D eigenvalue weighted by atomic mass is 10.1. The van der Waals surface area contributed by atoms with Crippen LogP contribution in [0.15, 0.2) is 36.5 Å². The van der Waals surface area contributed by atoms with Crippen molar-refractivity contribution in [2.24, 2.45) is 0 Å². The first-order chi connectivity index (χ1) is 8.42. The van der Waals surface area contributed by atoms with Crippen LogP contribution < -0.4 is 5.32 Å². The third kappa shape index (κ3) is 2.46. The molecule has 1 fully saturated rings. The summed E-state index contributed by atoms with van der Waals surface area (Å²) in [5.41, 5.74) is 2.36. The summed E-state index contributed by atoms with van der Waals surface area (Å²) in [6.45, 7) is 2.63. The van der Waals surface area contributed by atoms with Crippen molar-refractivity contribution in [1.82, 2.24) is 10.3 Å². The van der Waals surface area contributed by atoms with Gasteiger partial charge in [-0.3, -0.25) is 4.98 Å². The third-order valence-corrected chi connectivity index (χ3v) is 3.19. The van der Waals surface area contributed by atoms with Crippen molar-refractivity contribution in [3.8, 4) is 0 Å². The lowest BCUT2D eigenvalue weighted by molar-refractivity contribution is 0.190. The van der Waals surface area contributed by atoms with Crippen LogP contribution in [0.5, 0.6) is 0 Å². The van der Waals surface area contributed by atoms with E-state index >= 15 is 0 Å². The summed E-state index contributed by atoms with van der Waals surface area (Å²) in [5.74, 6) is 0. The number of nitrogens with zero attached hydrogens (tertiary/aromatic N) is 1. The van der Waals surface area contributed by atoms with Gasteiger partial charge in [0.15, 0.2) is 0 Å². The van der Waals surface area contributed by atoms with Gasteiger partial charge in [-0.25, -0.2) is 0 Å². The highest BCUT2D eigenvalue weighted by molar-refractivity contribution is 5.78. The number of hydrogen-bond donors (Lipinski definition) is 1. The molecule has 0 radical (unpaired) electrons. The molecule has 1 aliphatic heterocycles. The Morgan fingerprint density at radius 1 is 1.35 bits per heavy atom. The van der Waals surface area contributed by atoms with Gasteiger partial charge in [0, 0.05) is 30.8 Å². The van der Waals surface area contributed by atoms with E-state index in [0.29, 0.717) is 6.04 Å². The molecule has 2 aromatic rings. The van der Waals surface area contributed by atoms with Crippen molar-refractivity contribution < 1.29 is 4.74 Å². The predicted octanol–water partition coefficient (Wildman–Crippen LogP) is 2.11. The summed E-state index contributed by atoms with van der Waals surface area (Å²) in [7, 11) is 0. The molecule has 1 aromatic carbocycles. The van der Waals surface area contributed by atoms with E-state index in [1.807, 2.05) is 12.3 Å². The van der Waals surface area contributed by atoms with Crippen LogP contribution >= 0.6 is 0 Å². The minimum atomic E-state index is 0.514. The number of pyridine rings is 1. The van der Waals surface area contributed by atoms with Crippen LogP contribution in [0.25, 0.3) is 10.9 Å². The minimum absolute atomic E-state index is 0.514. The predicted molar refractivity (Wildman–Crippen MR) is 67.8 cm³/mol. The Bertz CT molecular complexity index is 506. The highest BCUT2D eigenvalue weighted by Crippen LogP contribution is 2.13. The lowest BCUT2D eigenvalue weighted by Gasteiger charge is -2.10. The number of hydrogen-bond acceptors (Lipinski definition) is 3. The van der Waals surface area contributed by atoms with E-state index in [9.17, 15) is 0 Å². The van der Waals surface area contributed by atoms with E-state index in [-0.39, 0.29) is 0 Å². The van der Waals surface area contributed by atoms with Crippen LogP contribution in [-0.2, 0) is 11.3 Å². The topological polar surface area (TPSA) is 34.2 Å². The van der Waals surface area contributed by atoms with E-state index in [2.05, 4.69) is 34.6 Å². The molecule has 17 heavy (non-hydrogen) atoms. The number of ether oxygens (including phenoxy) is 1. The highest BCUT2D eigenvalue weighted by Gasteiger charge is 2.14. The summed E-state index contributed by atoms with van der Waals surface area (Å²) in [6.07, 6.45) is 2.95. The van der Waals surface area contributed by atoms with Crippen LogP contribution in [0.1, 0.15) is 12.0 Å². The molecule has 3 heteroatoms. The molecule has 0 spiro atoms. The maximum absolute atomic E-state index is 5.34. The molecular weight excluding hydrogens is 212 g/mol. The Morgan fingerprint density at radius 3 is 3.24 bits per heavy atom. The van der Waals surface area contributed by atoms with Gasteiger partial charge in [0.25, 0.3) is 0 Å². The van der Waals surface area contributed by atoms with Crippen molar-refractivity contribution in [2.75, 3.05) is 13.2 Å². The summed E-state index contributed by atoms with van der Waals surface area (Å²) in [4.78, 5) is 4.32. The van der Waals surface area contributed by atoms with Gasteiger partial charge in [0.2, 0.25) is 0 Å². The first-order valence-electron chi connectivity index (χ1n) is 6.06. The van der Waals surface area contributed by atoms with E-state index in [4.69, 9.17) is 4.74 Å². The fourth-order valence-corrected chi connectivity index (χ4v) is 2.19. The average molecular weight is 228 g/mol. The smallest absolute Gasteiger partial charge is 0.0702 e. The average Bonchev–Trinajstić information content (AvgIpc) is 2.89. The molecule has 3 rings (SSSR count). The van der Waals surface area contributed by atoms with Crippen LogP contribution in [0.3, 0.4) is 0 Å². The zero-order valence-electron chi connectivity index (χ0n) is 9.73. The molecule has 0 amide bonds. The Labute approximate surface area is 101 Å². The molecule has 1 atom stereocenters. The van der Waals surface area contributed by atoms with Gasteiger partial charge in [0.05, 0.1) is 12.1 Å². The van der Waals surface area contributed by atoms with Gasteiger partial charge in [-0.05, 0) is 30.2 Å². The Kier molecular flexibility index (Phi) is 3.03. The third-order valence-electron chi connectivity index (χ3n) is 3.19. The summed E-state index contributed by atoms with van der Waals surface area (Å²) in [5, 5.41) is 4.72. The van der Waals surface area contributed by atoms with E-state index in [0.717, 1.165) is 31.7 Å². The molecule has 0 saturated carbocycles. The van der Waals surface area contributed by atoms with Gasteiger partial charge >= 0.3 is 0 Å². The van der Waals surface area contributed by atoms with Crippen molar-refractivity contribution in [3.05, 3.63) is 42.1 Å². The van der Waals surface area contributed by atoms with Gasteiger partial charge < -0.3 is 10.1 Å². The molecule has 1 aromatic heterocycles. The molecule has 88 valence electrons. The Hall–Kier alpha value is -1.45. The number of benzene rings is 1. The normalized spacial score (nSPS) is 19.9. The maximum Gasteiger partial charge on any atom is 0.0702 e. The SMILES string of the molecule is c1cnc2ccc(CNC3CCOC3)cc2c1. The first kappa shape index (κ1) is 10.7. The highest BCUT2D eigenvalue weighted by atomic mass is 16.5. The zero-order chi connectivity index (χ0) is 11.5. The van der Waals surface area contributed by atoms with Crippen LogP contribution in [0, 0.1) is 0 Å². The van der Waals surface area contributed by atoms with Crippen molar-refractivity contribution >= 4 is 10.9 Å². The Balaban J connectivity index is 1.72. The van der Waals surface area contributed by atoms with Crippen LogP contribution in [-0.4, -0.2) is 24.2 Å². The monoisotopic (exact) mass is 228 g/mol. The number of rotatable bonds is 3. The Morgan fingerprint density at radius 2 is 2.35 bits per heavy atom. The van der Waals surface area contributed by atoms with E-state index in [1.54, 1.807) is 0 Å². The fraction of sp³-hybridized carbons (Fsp3) is 0.357. The van der Waals surface area contributed by atoms with Crippen LogP contribution in [0.4, 0.5) is 0 Å². The zero-order valence-corrected chi connectivity index (χ0v) is 9.73. The van der Waals surface area contributed by atoms with Crippen molar-refractivity contribution in [2.45, 2.75) is 19.0 Å². The van der Waals surface area contributed by atoms with Gasteiger partial charge in [0.1, 0.15) is 0 Å². The quantitative estimate of drug-likeness (QED) is 0.873. The molecule has 0 aliphatic carbocycles. The molecular formula is C14H16N2O. The molecule has 0 bridgehead atoms. The maximum atomic E-state index is 5.34. The van der Waals surface area contributed by atoms with Crippen molar-refractivity contribution in [3.63, 3.8) is 0 Å². The first-order valence-corrected chi connectivity index (χ1v) is 6.06. The van der Waals surface area contributed by atoms with Gasteiger partial charge in [-0.1, -0.05) is 12.1 Å². The fourth-order valence-electron chi connectivity index (χ4n) is 2.19. The van der Waals surface area contributed by atoms with Crippen LogP contribution in [0.2, 0.25) is 0 Å². The standard InChI is InChI=1S/C14H16N2O/c1-2-12-8-11(3-4-14(12)15-6-1)9-16-13-5-7-17-10-13/h1-4,6,8,13,16H,5,7,9-10H2. The molecule has 2 heterocycles. The van der Waals surface area contributed by atoms with Gasteiger partial charge in [-0.2, -0.15) is 0 Å². The molecule has 1 saturated heterocycles. The number of fused-ring (bicyclic) bond motifs is 1. The summed E-state index contributed by atoms with van der Waals surface area (Å²) < 4.78 is 5.34. The summed E-state index contributed by atoms with van der Waals surface area (Å²) >= 11 is 0. The summed E-state index contributed by atoms with van der Waals surface area (Å²) in [6, 6.07) is 11.0. The minimum Gasteiger partial charge on any atom is -0.380 e. The van der Waals surface area contributed by atoms with Gasteiger partial charge in [-0.15, -0.1) is 0 Å². The second-order valence-electron chi connectivity index (χ2n) is 4.47.